The summed E-state index contributed by atoms with van der Waals surface area (Å²) in [6.45, 7) is 4.97. The van der Waals surface area contributed by atoms with E-state index in [0.717, 1.165) is 24.2 Å². The summed E-state index contributed by atoms with van der Waals surface area (Å²) in [4.78, 5) is 0. The van der Waals surface area contributed by atoms with Crippen molar-refractivity contribution >= 4 is 5.69 Å². The number of hydrogen-bond acceptors (Lipinski definition) is 1. The minimum Gasteiger partial charge on any atom is -0.385 e. The molecule has 0 saturated carbocycles. The van der Waals surface area contributed by atoms with Gasteiger partial charge in [-0.2, -0.15) is 0 Å². The molecule has 0 atom stereocenters. The van der Waals surface area contributed by atoms with E-state index in [9.17, 15) is 4.39 Å². The average molecular weight is 223 g/mol. The van der Waals surface area contributed by atoms with Gasteiger partial charge in [0.1, 0.15) is 5.82 Å². The summed E-state index contributed by atoms with van der Waals surface area (Å²) >= 11 is 0. The molecule has 0 saturated heterocycles. The van der Waals surface area contributed by atoms with E-state index < -0.39 is 0 Å². The van der Waals surface area contributed by atoms with Crippen LogP contribution >= 0.6 is 0 Å². The minimum absolute atomic E-state index is 0.129. The van der Waals surface area contributed by atoms with Gasteiger partial charge in [0.05, 0.1) is 0 Å². The standard InChI is InChI=1S/C14H22FN/c1-3-4-5-6-7-11-16-14-10-8-9-13(15)12(14)2/h8-10,16H,3-7,11H2,1-2H3. The lowest BCUT2D eigenvalue weighted by Gasteiger charge is -2.09. The number of nitrogens with one attached hydrogen (secondary N) is 1. The molecule has 0 spiro atoms. The second-order valence-corrected chi connectivity index (χ2v) is 4.25. The molecule has 0 radical (unpaired) electrons. The van der Waals surface area contributed by atoms with Crippen molar-refractivity contribution in [2.45, 2.75) is 46.0 Å². The molecular formula is C14H22FN. The smallest absolute Gasteiger partial charge is 0.128 e. The van der Waals surface area contributed by atoms with Crippen LogP contribution in [-0.2, 0) is 0 Å². The van der Waals surface area contributed by atoms with Gasteiger partial charge in [0.25, 0.3) is 0 Å². The van der Waals surface area contributed by atoms with Crippen LogP contribution in [0.2, 0.25) is 0 Å². The SMILES string of the molecule is CCCCCCCNc1cccc(F)c1C. The molecule has 0 amide bonds. The Balaban J connectivity index is 2.24. The minimum atomic E-state index is -0.129. The van der Waals surface area contributed by atoms with Crippen LogP contribution in [0.25, 0.3) is 0 Å². The Hall–Kier alpha value is -1.05. The molecule has 1 nitrogen and oxygen atoms in total. The quantitative estimate of drug-likeness (QED) is 0.670. The molecule has 0 heterocycles. The first-order chi connectivity index (χ1) is 7.75. The van der Waals surface area contributed by atoms with Gasteiger partial charge in [-0.3, -0.25) is 0 Å². The normalized spacial score (nSPS) is 10.4. The highest BCUT2D eigenvalue weighted by Gasteiger charge is 2.01. The number of rotatable bonds is 7. The molecular weight excluding hydrogens is 201 g/mol. The zero-order valence-corrected chi connectivity index (χ0v) is 10.4. The predicted molar refractivity (Wildman–Crippen MR) is 68.4 cm³/mol. The van der Waals surface area contributed by atoms with Gasteiger partial charge in [-0.15, -0.1) is 0 Å². The van der Waals surface area contributed by atoms with Gasteiger partial charge in [0, 0.05) is 17.8 Å². The molecule has 1 aromatic rings. The lowest BCUT2D eigenvalue weighted by molar-refractivity contribution is 0.618. The largest absolute Gasteiger partial charge is 0.385 e. The Morgan fingerprint density at radius 3 is 2.62 bits per heavy atom. The van der Waals surface area contributed by atoms with Crippen molar-refractivity contribution in [1.29, 1.82) is 0 Å². The van der Waals surface area contributed by atoms with Crippen molar-refractivity contribution in [3.8, 4) is 0 Å². The van der Waals surface area contributed by atoms with Crippen LogP contribution in [0.5, 0.6) is 0 Å². The number of benzene rings is 1. The fraction of sp³-hybridized carbons (Fsp3) is 0.571. The van der Waals surface area contributed by atoms with Crippen molar-refractivity contribution < 1.29 is 4.39 Å². The maximum absolute atomic E-state index is 13.2. The van der Waals surface area contributed by atoms with Crippen molar-refractivity contribution in [2.24, 2.45) is 0 Å². The zero-order chi connectivity index (χ0) is 11.8. The van der Waals surface area contributed by atoms with Crippen LogP contribution in [0.4, 0.5) is 10.1 Å². The van der Waals surface area contributed by atoms with Crippen LogP contribution in [0.3, 0.4) is 0 Å². The maximum atomic E-state index is 13.2. The van der Waals surface area contributed by atoms with Gasteiger partial charge >= 0.3 is 0 Å². The first-order valence-electron chi connectivity index (χ1n) is 6.24. The molecule has 16 heavy (non-hydrogen) atoms. The lowest BCUT2D eigenvalue weighted by atomic mass is 10.1. The summed E-state index contributed by atoms with van der Waals surface area (Å²) < 4.78 is 13.2. The average Bonchev–Trinajstić information content (AvgIpc) is 2.29. The summed E-state index contributed by atoms with van der Waals surface area (Å²) in [6, 6.07) is 5.19. The third-order valence-corrected chi connectivity index (χ3v) is 2.86. The topological polar surface area (TPSA) is 12.0 Å². The van der Waals surface area contributed by atoms with E-state index in [1.165, 1.54) is 31.7 Å². The van der Waals surface area contributed by atoms with E-state index in [1.54, 1.807) is 6.07 Å². The highest BCUT2D eigenvalue weighted by Crippen LogP contribution is 2.17. The van der Waals surface area contributed by atoms with E-state index in [2.05, 4.69) is 12.2 Å². The van der Waals surface area contributed by atoms with E-state index >= 15 is 0 Å². The number of unbranched alkanes of at least 4 members (excludes halogenated alkanes) is 4. The Morgan fingerprint density at radius 1 is 1.12 bits per heavy atom. The van der Waals surface area contributed by atoms with Gasteiger partial charge < -0.3 is 5.32 Å². The van der Waals surface area contributed by atoms with E-state index in [-0.39, 0.29) is 5.82 Å². The summed E-state index contributed by atoms with van der Waals surface area (Å²) in [7, 11) is 0. The molecule has 0 aliphatic rings. The highest BCUT2D eigenvalue weighted by atomic mass is 19.1. The van der Waals surface area contributed by atoms with E-state index in [4.69, 9.17) is 0 Å². The van der Waals surface area contributed by atoms with Crippen LogP contribution in [-0.4, -0.2) is 6.54 Å². The Labute approximate surface area is 98.1 Å². The third-order valence-electron chi connectivity index (χ3n) is 2.86. The third kappa shape index (κ3) is 4.21. The molecule has 0 bridgehead atoms. The zero-order valence-electron chi connectivity index (χ0n) is 10.4. The fourth-order valence-corrected chi connectivity index (χ4v) is 1.75. The molecule has 0 unspecified atom stereocenters. The second kappa shape index (κ2) is 7.26. The van der Waals surface area contributed by atoms with Crippen LogP contribution in [0, 0.1) is 12.7 Å². The predicted octanol–water partition coefficient (Wildman–Crippen LogP) is 4.52. The van der Waals surface area contributed by atoms with Gasteiger partial charge in [0.2, 0.25) is 0 Å². The first kappa shape index (κ1) is 13.0. The monoisotopic (exact) mass is 223 g/mol. The first-order valence-corrected chi connectivity index (χ1v) is 6.24. The molecule has 1 N–H and O–H groups in total. The van der Waals surface area contributed by atoms with Crippen molar-refractivity contribution in [3.63, 3.8) is 0 Å². The van der Waals surface area contributed by atoms with Crippen LogP contribution in [0.15, 0.2) is 18.2 Å². The summed E-state index contributed by atoms with van der Waals surface area (Å²) in [5.41, 5.74) is 1.64. The Bertz CT molecular complexity index is 310. The summed E-state index contributed by atoms with van der Waals surface area (Å²) in [5, 5.41) is 3.29. The number of hydrogen-bond donors (Lipinski definition) is 1. The Morgan fingerprint density at radius 2 is 1.88 bits per heavy atom. The van der Waals surface area contributed by atoms with Gasteiger partial charge in [0.15, 0.2) is 0 Å². The molecule has 0 aliphatic heterocycles. The molecule has 1 aromatic carbocycles. The van der Waals surface area contributed by atoms with Gasteiger partial charge in [-0.1, -0.05) is 38.7 Å². The molecule has 0 aromatic heterocycles. The Kier molecular flexibility index (Phi) is 5.91. The maximum Gasteiger partial charge on any atom is 0.128 e. The van der Waals surface area contributed by atoms with E-state index in [1.807, 2.05) is 13.0 Å². The van der Waals surface area contributed by atoms with Crippen molar-refractivity contribution in [1.82, 2.24) is 0 Å². The molecule has 0 fully saturated rings. The summed E-state index contributed by atoms with van der Waals surface area (Å²) in [5.74, 6) is -0.129. The molecule has 2 heteroatoms. The molecule has 90 valence electrons. The highest BCUT2D eigenvalue weighted by molar-refractivity contribution is 5.50. The lowest BCUT2D eigenvalue weighted by Crippen LogP contribution is -2.03. The second-order valence-electron chi connectivity index (χ2n) is 4.25. The fourth-order valence-electron chi connectivity index (χ4n) is 1.75. The van der Waals surface area contributed by atoms with E-state index in [0.29, 0.717) is 0 Å². The van der Waals surface area contributed by atoms with Crippen LogP contribution < -0.4 is 5.32 Å². The van der Waals surface area contributed by atoms with Crippen molar-refractivity contribution in [3.05, 3.63) is 29.6 Å². The van der Waals surface area contributed by atoms with Crippen LogP contribution in [0.1, 0.15) is 44.6 Å². The summed E-state index contributed by atoms with van der Waals surface area (Å²) in [6.07, 6.45) is 6.32. The molecule has 1 rings (SSSR count). The van der Waals surface area contributed by atoms with Gasteiger partial charge in [-0.05, 0) is 25.5 Å². The number of halogens is 1. The van der Waals surface area contributed by atoms with Gasteiger partial charge in [-0.25, -0.2) is 4.39 Å². The number of anilines is 1. The van der Waals surface area contributed by atoms with Crippen molar-refractivity contribution in [2.75, 3.05) is 11.9 Å². The molecule has 0 aliphatic carbocycles.